The predicted molar refractivity (Wildman–Crippen MR) is 137 cm³/mol. The Bertz CT molecular complexity index is 1390. The lowest BCUT2D eigenvalue weighted by Crippen LogP contribution is -2.01. The highest BCUT2D eigenvalue weighted by molar-refractivity contribution is 7.99. The normalized spacial score (nSPS) is 11.0. The summed E-state index contributed by atoms with van der Waals surface area (Å²) in [7, 11) is 0. The average molecular weight is 580 g/mol. The van der Waals surface area contributed by atoms with Crippen molar-refractivity contribution in [1.82, 2.24) is 35.4 Å². The van der Waals surface area contributed by atoms with Crippen LogP contribution in [0.2, 0.25) is 5.02 Å². The van der Waals surface area contributed by atoms with Gasteiger partial charge in [-0.2, -0.15) is 0 Å². The highest BCUT2D eigenvalue weighted by atomic mass is 35.5. The van der Waals surface area contributed by atoms with E-state index in [9.17, 15) is 9.59 Å². The Kier molecular flexibility index (Phi) is 9.73. The first-order valence-electron chi connectivity index (χ1n) is 11.3. The SMILES string of the molecule is CC(=O)OCCCSc1nnc(-c2nnn(-c3ccccc3Cl)c2-c2nnc(SCCCOC(C)=O)o2)o1. The molecular weight excluding hydrogens is 558 g/mol. The number of aromatic nitrogens is 7. The maximum Gasteiger partial charge on any atom is 0.302 e. The lowest BCUT2D eigenvalue weighted by molar-refractivity contribution is -0.141. The third-order valence-corrected chi connectivity index (χ3v) is 6.74. The number of para-hydroxylation sites is 1. The molecule has 0 bridgehead atoms. The van der Waals surface area contributed by atoms with Crippen LogP contribution in [0.5, 0.6) is 0 Å². The van der Waals surface area contributed by atoms with Gasteiger partial charge in [0.15, 0.2) is 11.4 Å². The van der Waals surface area contributed by atoms with Crippen molar-refractivity contribution in [3.8, 4) is 28.9 Å². The van der Waals surface area contributed by atoms with Crippen molar-refractivity contribution in [3.63, 3.8) is 0 Å². The minimum absolute atomic E-state index is 0.106. The maximum absolute atomic E-state index is 10.9. The van der Waals surface area contributed by atoms with E-state index in [1.165, 1.54) is 42.1 Å². The highest BCUT2D eigenvalue weighted by Crippen LogP contribution is 2.34. The van der Waals surface area contributed by atoms with E-state index < -0.39 is 0 Å². The number of hydrogen-bond acceptors (Lipinski definition) is 14. The van der Waals surface area contributed by atoms with Crippen LogP contribution in [0.4, 0.5) is 0 Å². The van der Waals surface area contributed by atoms with Gasteiger partial charge in [0.2, 0.25) is 0 Å². The van der Waals surface area contributed by atoms with Gasteiger partial charge in [-0.05, 0) is 25.0 Å². The lowest BCUT2D eigenvalue weighted by Gasteiger charge is -2.05. The van der Waals surface area contributed by atoms with E-state index in [0.717, 1.165) is 0 Å². The topological polar surface area (TPSA) is 161 Å². The molecule has 0 spiro atoms. The van der Waals surface area contributed by atoms with E-state index in [2.05, 4.69) is 30.7 Å². The van der Waals surface area contributed by atoms with Crippen molar-refractivity contribution in [2.75, 3.05) is 24.7 Å². The molecule has 13 nitrogen and oxygen atoms in total. The van der Waals surface area contributed by atoms with Gasteiger partial charge >= 0.3 is 11.9 Å². The molecule has 200 valence electrons. The molecule has 0 saturated heterocycles. The van der Waals surface area contributed by atoms with E-state index in [4.69, 9.17) is 29.9 Å². The van der Waals surface area contributed by atoms with Crippen molar-refractivity contribution in [1.29, 1.82) is 0 Å². The fraction of sp³-hybridized carbons (Fsp3) is 0.364. The first-order chi connectivity index (χ1) is 18.4. The maximum atomic E-state index is 10.9. The molecule has 1 aromatic carbocycles. The van der Waals surface area contributed by atoms with Gasteiger partial charge in [-0.25, -0.2) is 4.68 Å². The zero-order valence-electron chi connectivity index (χ0n) is 20.3. The van der Waals surface area contributed by atoms with Gasteiger partial charge in [0.1, 0.15) is 0 Å². The standard InChI is InChI=1S/C22H22ClN7O6S2/c1-13(31)33-9-5-11-37-21-27-25-19(35-21)17-18(30(29-24-17)16-8-4-3-7-15(16)23)20-26-28-22(36-20)38-12-6-10-34-14(2)32/h3-4,7-8H,5-6,9-12H2,1-2H3. The molecule has 3 heterocycles. The van der Waals surface area contributed by atoms with Crippen LogP contribution < -0.4 is 0 Å². The van der Waals surface area contributed by atoms with Crippen molar-refractivity contribution in [3.05, 3.63) is 29.3 Å². The molecular formula is C22H22ClN7O6S2. The molecule has 4 aromatic rings. The minimum atomic E-state index is -0.326. The number of esters is 2. The Morgan fingerprint density at radius 3 is 2.05 bits per heavy atom. The Morgan fingerprint density at radius 2 is 1.45 bits per heavy atom. The number of carbonyl (C=O) groups is 2. The van der Waals surface area contributed by atoms with E-state index in [0.29, 0.717) is 64.4 Å². The molecule has 16 heteroatoms. The third-order valence-electron chi connectivity index (χ3n) is 4.61. The van der Waals surface area contributed by atoms with Crippen molar-refractivity contribution >= 4 is 47.1 Å². The summed E-state index contributed by atoms with van der Waals surface area (Å²) in [5.74, 6) is 0.790. The van der Waals surface area contributed by atoms with Crippen molar-refractivity contribution in [2.24, 2.45) is 0 Å². The first kappa shape index (κ1) is 27.6. The smallest absolute Gasteiger partial charge is 0.302 e. The summed E-state index contributed by atoms with van der Waals surface area (Å²) in [6.45, 7) is 3.34. The van der Waals surface area contributed by atoms with Gasteiger partial charge in [0.05, 0.1) is 23.9 Å². The molecule has 0 fully saturated rings. The van der Waals surface area contributed by atoms with Crippen LogP contribution >= 0.6 is 35.1 Å². The van der Waals surface area contributed by atoms with Crippen LogP contribution in [0.25, 0.3) is 28.9 Å². The van der Waals surface area contributed by atoms with Crippen LogP contribution in [0, 0.1) is 0 Å². The molecule has 0 unspecified atom stereocenters. The van der Waals surface area contributed by atoms with Crippen LogP contribution in [0.3, 0.4) is 0 Å². The summed E-state index contributed by atoms with van der Waals surface area (Å²) in [5, 5.41) is 26.0. The number of nitrogens with zero attached hydrogens (tertiary/aromatic N) is 7. The van der Waals surface area contributed by atoms with Gasteiger partial charge in [-0.1, -0.05) is 52.5 Å². The summed E-state index contributed by atoms with van der Waals surface area (Å²) in [5.41, 5.74) is 1.10. The van der Waals surface area contributed by atoms with Gasteiger partial charge in [0.25, 0.3) is 22.2 Å². The summed E-state index contributed by atoms with van der Waals surface area (Å²) in [6, 6.07) is 7.09. The number of thioether (sulfide) groups is 2. The minimum Gasteiger partial charge on any atom is -0.466 e. The summed E-state index contributed by atoms with van der Waals surface area (Å²) in [6.07, 6.45) is 1.24. The molecule has 0 aliphatic rings. The average Bonchev–Trinajstić information content (AvgIpc) is 3.63. The molecule has 0 aliphatic heterocycles. The monoisotopic (exact) mass is 579 g/mol. The van der Waals surface area contributed by atoms with Gasteiger partial charge in [0, 0.05) is 25.4 Å². The van der Waals surface area contributed by atoms with Gasteiger partial charge in [-0.3, -0.25) is 9.59 Å². The van der Waals surface area contributed by atoms with Crippen LogP contribution in [0.15, 0.2) is 43.5 Å². The first-order valence-corrected chi connectivity index (χ1v) is 13.7. The summed E-state index contributed by atoms with van der Waals surface area (Å²) >= 11 is 9.07. The molecule has 3 aromatic heterocycles. The second-order valence-electron chi connectivity index (χ2n) is 7.48. The molecule has 0 atom stereocenters. The fourth-order valence-corrected chi connectivity index (χ4v) is 4.57. The molecule has 0 radical (unpaired) electrons. The Morgan fingerprint density at radius 1 is 0.868 bits per heavy atom. The molecule has 0 amide bonds. The summed E-state index contributed by atoms with van der Waals surface area (Å²) in [4.78, 5) is 21.8. The predicted octanol–water partition coefficient (Wildman–Crippen LogP) is 4.11. The zero-order valence-corrected chi connectivity index (χ0v) is 22.7. The summed E-state index contributed by atoms with van der Waals surface area (Å²) < 4.78 is 23.0. The molecule has 0 aliphatic carbocycles. The quantitative estimate of drug-likeness (QED) is 0.126. The third kappa shape index (κ3) is 7.33. The fourth-order valence-electron chi connectivity index (χ4n) is 3.01. The number of halogens is 1. The van der Waals surface area contributed by atoms with Gasteiger partial charge in [-0.15, -0.1) is 25.5 Å². The number of carbonyl (C=O) groups excluding carboxylic acids is 2. The molecule has 0 saturated carbocycles. The lowest BCUT2D eigenvalue weighted by atomic mass is 10.2. The highest BCUT2D eigenvalue weighted by Gasteiger charge is 2.27. The molecule has 4 rings (SSSR count). The van der Waals surface area contributed by atoms with E-state index in [-0.39, 0.29) is 29.4 Å². The van der Waals surface area contributed by atoms with Gasteiger partial charge < -0.3 is 18.3 Å². The number of hydrogen-bond donors (Lipinski definition) is 0. The van der Waals surface area contributed by atoms with Crippen LogP contribution in [-0.2, 0) is 19.1 Å². The Balaban J connectivity index is 1.55. The van der Waals surface area contributed by atoms with E-state index in [1.54, 1.807) is 18.2 Å². The number of rotatable bonds is 13. The van der Waals surface area contributed by atoms with Crippen LogP contribution in [0.1, 0.15) is 26.7 Å². The molecule has 0 N–H and O–H groups in total. The molecule has 38 heavy (non-hydrogen) atoms. The van der Waals surface area contributed by atoms with E-state index >= 15 is 0 Å². The van der Waals surface area contributed by atoms with E-state index in [1.807, 2.05) is 6.07 Å². The Hall–Kier alpha value is -3.43. The Labute approximate surface area is 230 Å². The van der Waals surface area contributed by atoms with Crippen molar-refractivity contribution < 1.29 is 27.9 Å². The van der Waals surface area contributed by atoms with Crippen molar-refractivity contribution in [2.45, 2.75) is 37.1 Å². The zero-order chi connectivity index (χ0) is 26.9. The largest absolute Gasteiger partial charge is 0.466 e. The van der Waals surface area contributed by atoms with Crippen LogP contribution in [-0.4, -0.2) is 72.0 Å². The second kappa shape index (κ2) is 13.4. The number of benzene rings is 1. The second-order valence-corrected chi connectivity index (χ2v) is 9.98. The number of ether oxygens (including phenoxy) is 2.